The second-order valence-corrected chi connectivity index (χ2v) is 4.06. The van der Waals surface area contributed by atoms with Gasteiger partial charge in [0.05, 0.1) is 6.54 Å². The van der Waals surface area contributed by atoms with Gasteiger partial charge in [-0.15, -0.1) is 0 Å². The molecule has 0 unspecified atom stereocenters. The van der Waals surface area contributed by atoms with Crippen LogP contribution in [0.4, 0.5) is 0 Å². The van der Waals surface area contributed by atoms with E-state index in [9.17, 15) is 9.59 Å². The number of nitrogens with two attached hydrogens (primary N) is 1. The summed E-state index contributed by atoms with van der Waals surface area (Å²) in [5.74, 6) is -0.227. The van der Waals surface area contributed by atoms with Crippen LogP contribution in [0.1, 0.15) is 17.0 Å². The summed E-state index contributed by atoms with van der Waals surface area (Å²) >= 11 is 0. The summed E-state index contributed by atoms with van der Waals surface area (Å²) in [6.45, 7) is 4.00. The number of amides is 1. The number of nitrogens with one attached hydrogen (secondary N) is 2. The zero-order valence-electron chi connectivity index (χ0n) is 10.3. The number of fused-ring (bicyclic) bond motifs is 1. The summed E-state index contributed by atoms with van der Waals surface area (Å²) in [4.78, 5) is 26.7. The van der Waals surface area contributed by atoms with Gasteiger partial charge in [-0.3, -0.25) is 14.7 Å². The number of aryl methyl sites for hydroxylation is 2. The Morgan fingerprint density at radius 2 is 2.28 bits per heavy atom. The lowest BCUT2D eigenvalue weighted by Crippen LogP contribution is -2.30. The molecule has 0 spiro atoms. The van der Waals surface area contributed by atoms with Gasteiger partial charge in [-0.2, -0.15) is 0 Å². The van der Waals surface area contributed by atoms with Gasteiger partial charge in [0.1, 0.15) is 0 Å². The molecule has 0 atom stereocenters. The molecule has 96 valence electrons. The number of aromatic nitrogens is 3. The van der Waals surface area contributed by atoms with Crippen molar-refractivity contribution in [1.29, 1.82) is 0 Å². The summed E-state index contributed by atoms with van der Waals surface area (Å²) in [7, 11) is 0. The SMILES string of the molecule is Cc1nc2cc(=O)[nH]n2c(C)c1CNC(=O)CN. The van der Waals surface area contributed by atoms with Crippen LogP contribution in [-0.4, -0.2) is 27.0 Å². The van der Waals surface area contributed by atoms with Crippen molar-refractivity contribution in [3.05, 3.63) is 33.4 Å². The predicted octanol–water partition coefficient (Wildman–Crippen LogP) is -0.786. The van der Waals surface area contributed by atoms with Gasteiger partial charge in [0, 0.05) is 29.6 Å². The molecule has 7 nitrogen and oxygen atoms in total. The normalized spacial score (nSPS) is 10.8. The first kappa shape index (κ1) is 12.3. The van der Waals surface area contributed by atoms with E-state index in [0.717, 1.165) is 17.0 Å². The van der Waals surface area contributed by atoms with Gasteiger partial charge >= 0.3 is 0 Å². The summed E-state index contributed by atoms with van der Waals surface area (Å²) in [6.07, 6.45) is 0. The smallest absolute Gasteiger partial charge is 0.266 e. The van der Waals surface area contributed by atoms with Crippen LogP contribution in [0.3, 0.4) is 0 Å². The highest BCUT2D eigenvalue weighted by Gasteiger charge is 2.11. The third kappa shape index (κ3) is 2.12. The Morgan fingerprint density at radius 3 is 2.94 bits per heavy atom. The second-order valence-electron chi connectivity index (χ2n) is 4.06. The molecule has 0 saturated carbocycles. The number of hydrogen-bond donors (Lipinski definition) is 3. The van der Waals surface area contributed by atoms with Crippen LogP contribution in [0.5, 0.6) is 0 Å². The molecule has 0 radical (unpaired) electrons. The van der Waals surface area contributed by atoms with Crippen molar-refractivity contribution >= 4 is 11.6 Å². The summed E-state index contributed by atoms with van der Waals surface area (Å²) < 4.78 is 1.61. The van der Waals surface area contributed by atoms with Crippen molar-refractivity contribution in [2.45, 2.75) is 20.4 Å². The highest BCUT2D eigenvalue weighted by Crippen LogP contribution is 2.12. The number of carbonyl (C=O) groups is 1. The Kier molecular flexibility index (Phi) is 3.15. The van der Waals surface area contributed by atoms with Crippen molar-refractivity contribution < 1.29 is 4.79 Å². The lowest BCUT2D eigenvalue weighted by atomic mass is 10.1. The maximum atomic E-state index is 11.3. The van der Waals surface area contributed by atoms with E-state index in [1.165, 1.54) is 6.07 Å². The second kappa shape index (κ2) is 4.61. The molecule has 0 aliphatic heterocycles. The van der Waals surface area contributed by atoms with Gasteiger partial charge in [0.15, 0.2) is 5.65 Å². The van der Waals surface area contributed by atoms with Gasteiger partial charge in [-0.1, -0.05) is 0 Å². The monoisotopic (exact) mass is 249 g/mol. The Balaban J connectivity index is 2.43. The minimum atomic E-state index is -0.227. The fourth-order valence-electron chi connectivity index (χ4n) is 1.87. The summed E-state index contributed by atoms with van der Waals surface area (Å²) in [6, 6.07) is 1.43. The minimum Gasteiger partial charge on any atom is -0.351 e. The number of carbonyl (C=O) groups excluding carboxylic acids is 1. The summed E-state index contributed by atoms with van der Waals surface area (Å²) in [5.41, 5.74) is 8.10. The number of H-pyrrole nitrogens is 1. The number of hydrogen-bond acceptors (Lipinski definition) is 4. The van der Waals surface area contributed by atoms with Crippen LogP contribution < -0.4 is 16.6 Å². The average Bonchev–Trinajstić information content (AvgIpc) is 2.69. The summed E-state index contributed by atoms with van der Waals surface area (Å²) in [5, 5.41) is 5.35. The van der Waals surface area contributed by atoms with E-state index >= 15 is 0 Å². The van der Waals surface area contributed by atoms with Crippen molar-refractivity contribution in [2.24, 2.45) is 5.73 Å². The van der Waals surface area contributed by atoms with Crippen molar-refractivity contribution in [2.75, 3.05) is 6.54 Å². The molecule has 7 heteroatoms. The maximum Gasteiger partial charge on any atom is 0.266 e. The largest absolute Gasteiger partial charge is 0.351 e. The van der Waals surface area contributed by atoms with Gasteiger partial charge in [-0.25, -0.2) is 9.50 Å². The van der Waals surface area contributed by atoms with E-state index < -0.39 is 0 Å². The third-order valence-electron chi connectivity index (χ3n) is 2.85. The predicted molar refractivity (Wildman–Crippen MR) is 66.2 cm³/mol. The lowest BCUT2D eigenvalue weighted by molar-refractivity contribution is -0.119. The Hall–Kier alpha value is -2.15. The standard InChI is InChI=1S/C11H15N5O2/c1-6-8(5-13-11(18)4-12)7(2)16-9(14-6)3-10(17)15-16/h3H,4-5,12H2,1-2H3,(H,13,18)(H,15,17). The zero-order valence-corrected chi connectivity index (χ0v) is 10.3. The van der Waals surface area contributed by atoms with E-state index in [1.807, 2.05) is 13.8 Å². The molecular formula is C11H15N5O2. The molecule has 0 aliphatic carbocycles. The first-order chi connectivity index (χ1) is 8.52. The Bertz CT molecular complexity index is 655. The molecule has 2 heterocycles. The number of nitrogens with zero attached hydrogens (tertiary/aromatic N) is 2. The van der Waals surface area contributed by atoms with Crippen LogP contribution >= 0.6 is 0 Å². The minimum absolute atomic E-state index is 0.0475. The Morgan fingerprint density at radius 1 is 1.56 bits per heavy atom. The fraction of sp³-hybridized carbons (Fsp3) is 0.364. The number of aromatic amines is 1. The molecule has 0 aliphatic rings. The molecule has 0 aromatic carbocycles. The maximum absolute atomic E-state index is 11.3. The average molecular weight is 249 g/mol. The van der Waals surface area contributed by atoms with Crippen LogP contribution in [0.15, 0.2) is 10.9 Å². The highest BCUT2D eigenvalue weighted by molar-refractivity contribution is 5.77. The van der Waals surface area contributed by atoms with E-state index in [0.29, 0.717) is 12.2 Å². The topological polar surface area (TPSA) is 105 Å². The molecule has 0 bridgehead atoms. The lowest BCUT2D eigenvalue weighted by Gasteiger charge is -2.11. The molecular weight excluding hydrogens is 234 g/mol. The molecule has 2 aromatic heterocycles. The van der Waals surface area contributed by atoms with Crippen LogP contribution in [0.25, 0.3) is 5.65 Å². The van der Waals surface area contributed by atoms with Gasteiger partial charge in [0.25, 0.3) is 5.56 Å². The molecule has 2 aromatic rings. The van der Waals surface area contributed by atoms with Gasteiger partial charge in [-0.05, 0) is 13.8 Å². The Labute approximate surface area is 103 Å². The van der Waals surface area contributed by atoms with Crippen LogP contribution in [-0.2, 0) is 11.3 Å². The van der Waals surface area contributed by atoms with E-state index in [2.05, 4.69) is 15.4 Å². The molecule has 2 rings (SSSR count). The van der Waals surface area contributed by atoms with E-state index in [4.69, 9.17) is 5.73 Å². The number of rotatable bonds is 3. The molecule has 0 saturated heterocycles. The van der Waals surface area contributed by atoms with Crippen LogP contribution in [0.2, 0.25) is 0 Å². The van der Waals surface area contributed by atoms with Gasteiger partial charge in [0.2, 0.25) is 5.91 Å². The first-order valence-corrected chi connectivity index (χ1v) is 5.57. The third-order valence-corrected chi connectivity index (χ3v) is 2.85. The van der Waals surface area contributed by atoms with E-state index in [-0.39, 0.29) is 18.0 Å². The zero-order chi connectivity index (χ0) is 13.3. The molecule has 0 fully saturated rings. The molecule has 18 heavy (non-hydrogen) atoms. The fourth-order valence-corrected chi connectivity index (χ4v) is 1.87. The van der Waals surface area contributed by atoms with Crippen molar-refractivity contribution in [3.63, 3.8) is 0 Å². The highest BCUT2D eigenvalue weighted by atomic mass is 16.1. The van der Waals surface area contributed by atoms with Gasteiger partial charge < -0.3 is 11.1 Å². The quantitative estimate of drug-likeness (QED) is 0.663. The first-order valence-electron chi connectivity index (χ1n) is 5.57. The van der Waals surface area contributed by atoms with Crippen LogP contribution in [0, 0.1) is 13.8 Å². The van der Waals surface area contributed by atoms with Crippen molar-refractivity contribution in [1.82, 2.24) is 19.9 Å². The van der Waals surface area contributed by atoms with E-state index in [1.54, 1.807) is 4.52 Å². The van der Waals surface area contributed by atoms with Crippen molar-refractivity contribution in [3.8, 4) is 0 Å². The molecule has 4 N–H and O–H groups in total. The molecule has 1 amide bonds.